The molecule has 0 spiro atoms. The molecule has 1 aliphatic rings. The van der Waals surface area contributed by atoms with Gasteiger partial charge in [0.25, 0.3) is 0 Å². The highest BCUT2D eigenvalue weighted by Crippen LogP contribution is 2.35. The van der Waals surface area contributed by atoms with E-state index in [1.807, 2.05) is 0 Å². The van der Waals surface area contributed by atoms with Gasteiger partial charge in [-0.05, 0) is 43.4 Å². The fraction of sp³-hybridized carbons (Fsp3) is 0.625. The number of hydrogen-bond donors (Lipinski definition) is 1. The Morgan fingerprint density at radius 3 is 2.68 bits per heavy atom. The van der Waals surface area contributed by atoms with Crippen molar-refractivity contribution in [2.75, 3.05) is 7.11 Å². The Morgan fingerprint density at radius 1 is 1.37 bits per heavy atom. The van der Waals surface area contributed by atoms with E-state index < -0.39 is 0 Å². The summed E-state index contributed by atoms with van der Waals surface area (Å²) in [4.78, 5) is 0. The number of methoxy groups -OCH3 is 1. The van der Waals surface area contributed by atoms with Crippen LogP contribution in [0.3, 0.4) is 0 Å². The van der Waals surface area contributed by atoms with E-state index in [-0.39, 0.29) is 6.04 Å². The van der Waals surface area contributed by atoms with Crippen LogP contribution >= 0.6 is 15.9 Å². The standard InChI is InChI=1S/C16H24BrNO/c1-11-9-16(19-2)13(10-14(11)17)15(18)8-7-12-5-3-4-6-12/h9-10,12,15H,3-8,18H2,1-2H3. The molecule has 0 amide bonds. The van der Waals surface area contributed by atoms with Gasteiger partial charge in [0.1, 0.15) is 5.75 Å². The summed E-state index contributed by atoms with van der Waals surface area (Å²) in [5.74, 6) is 1.81. The highest BCUT2D eigenvalue weighted by atomic mass is 79.9. The van der Waals surface area contributed by atoms with Crippen molar-refractivity contribution in [3.63, 3.8) is 0 Å². The highest BCUT2D eigenvalue weighted by Gasteiger charge is 2.19. The van der Waals surface area contributed by atoms with E-state index in [9.17, 15) is 0 Å². The SMILES string of the molecule is COc1cc(C)c(Br)cc1C(N)CCC1CCCC1. The third-order valence-corrected chi connectivity index (χ3v) is 5.13. The molecule has 2 rings (SSSR count). The van der Waals surface area contributed by atoms with Gasteiger partial charge >= 0.3 is 0 Å². The zero-order valence-electron chi connectivity index (χ0n) is 11.9. The average Bonchev–Trinajstić information content (AvgIpc) is 2.91. The smallest absolute Gasteiger partial charge is 0.123 e. The number of hydrogen-bond acceptors (Lipinski definition) is 2. The molecule has 0 aliphatic heterocycles. The van der Waals surface area contributed by atoms with Crippen LogP contribution in [0.25, 0.3) is 0 Å². The minimum absolute atomic E-state index is 0.0763. The van der Waals surface area contributed by atoms with Crippen LogP contribution in [0, 0.1) is 12.8 Å². The molecule has 19 heavy (non-hydrogen) atoms. The van der Waals surface area contributed by atoms with Gasteiger partial charge in [0, 0.05) is 16.1 Å². The van der Waals surface area contributed by atoms with E-state index in [1.54, 1.807) is 7.11 Å². The number of ether oxygens (including phenoxy) is 1. The minimum Gasteiger partial charge on any atom is -0.496 e. The zero-order chi connectivity index (χ0) is 13.8. The summed E-state index contributed by atoms with van der Waals surface area (Å²) in [7, 11) is 1.72. The topological polar surface area (TPSA) is 35.2 Å². The van der Waals surface area contributed by atoms with Gasteiger partial charge in [-0.3, -0.25) is 0 Å². The molecule has 0 saturated heterocycles. The lowest BCUT2D eigenvalue weighted by molar-refractivity contribution is 0.397. The van der Waals surface area contributed by atoms with E-state index in [0.717, 1.165) is 28.1 Å². The Morgan fingerprint density at radius 2 is 2.05 bits per heavy atom. The highest BCUT2D eigenvalue weighted by molar-refractivity contribution is 9.10. The van der Waals surface area contributed by atoms with Crippen molar-refractivity contribution in [1.82, 2.24) is 0 Å². The van der Waals surface area contributed by atoms with Gasteiger partial charge < -0.3 is 10.5 Å². The molecule has 1 aromatic rings. The zero-order valence-corrected chi connectivity index (χ0v) is 13.5. The molecule has 0 aromatic heterocycles. The number of rotatable bonds is 5. The number of nitrogens with two attached hydrogens (primary N) is 1. The summed E-state index contributed by atoms with van der Waals surface area (Å²) in [6, 6.07) is 4.26. The molecule has 2 N–H and O–H groups in total. The van der Waals surface area contributed by atoms with Gasteiger partial charge in [-0.2, -0.15) is 0 Å². The summed E-state index contributed by atoms with van der Waals surface area (Å²) >= 11 is 3.58. The van der Waals surface area contributed by atoms with Crippen molar-refractivity contribution in [2.24, 2.45) is 11.7 Å². The van der Waals surface area contributed by atoms with E-state index in [2.05, 4.69) is 35.0 Å². The number of aryl methyl sites for hydroxylation is 1. The molecule has 1 fully saturated rings. The summed E-state index contributed by atoms with van der Waals surface area (Å²) < 4.78 is 6.58. The molecular formula is C16H24BrNO. The molecule has 0 heterocycles. The summed E-state index contributed by atoms with van der Waals surface area (Å²) in [5.41, 5.74) is 8.67. The van der Waals surface area contributed by atoms with Gasteiger partial charge in [-0.1, -0.05) is 41.6 Å². The molecule has 0 radical (unpaired) electrons. The summed E-state index contributed by atoms with van der Waals surface area (Å²) in [6.45, 7) is 2.07. The van der Waals surface area contributed by atoms with Crippen LogP contribution in [0.2, 0.25) is 0 Å². The van der Waals surface area contributed by atoms with E-state index in [0.29, 0.717) is 0 Å². The second-order valence-electron chi connectivity index (χ2n) is 5.68. The predicted octanol–water partition coefficient (Wildman–Crippen LogP) is 4.74. The molecule has 1 aliphatic carbocycles. The van der Waals surface area contributed by atoms with Crippen LogP contribution < -0.4 is 10.5 Å². The van der Waals surface area contributed by atoms with Crippen LogP contribution in [-0.2, 0) is 0 Å². The van der Waals surface area contributed by atoms with E-state index in [4.69, 9.17) is 10.5 Å². The van der Waals surface area contributed by atoms with Crippen LogP contribution in [0.15, 0.2) is 16.6 Å². The number of halogens is 1. The molecule has 3 heteroatoms. The first-order valence-electron chi connectivity index (χ1n) is 7.21. The molecule has 2 nitrogen and oxygen atoms in total. The van der Waals surface area contributed by atoms with Crippen molar-refractivity contribution >= 4 is 15.9 Å². The maximum absolute atomic E-state index is 6.37. The maximum Gasteiger partial charge on any atom is 0.123 e. The van der Waals surface area contributed by atoms with E-state index >= 15 is 0 Å². The second kappa shape index (κ2) is 6.76. The maximum atomic E-state index is 6.37. The molecule has 1 atom stereocenters. The molecule has 1 unspecified atom stereocenters. The Kier molecular flexibility index (Phi) is 5.28. The van der Waals surface area contributed by atoms with Crippen molar-refractivity contribution in [1.29, 1.82) is 0 Å². The minimum atomic E-state index is 0.0763. The fourth-order valence-corrected chi connectivity index (χ4v) is 3.37. The third kappa shape index (κ3) is 3.73. The summed E-state index contributed by atoms with van der Waals surface area (Å²) in [5, 5.41) is 0. The lowest BCUT2D eigenvalue weighted by Crippen LogP contribution is -2.13. The van der Waals surface area contributed by atoms with Crippen molar-refractivity contribution < 1.29 is 4.74 Å². The third-order valence-electron chi connectivity index (χ3n) is 4.27. The Hall–Kier alpha value is -0.540. The van der Waals surface area contributed by atoms with Crippen LogP contribution in [0.5, 0.6) is 5.75 Å². The Balaban J connectivity index is 2.04. The van der Waals surface area contributed by atoms with Crippen molar-refractivity contribution in [3.8, 4) is 5.75 Å². The first kappa shape index (κ1) is 14.9. The normalized spacial score (nSPS) is 17.7. The van der Waals surface area contributed by atoms with Gasteiger partial charge in [-0.15, -0.1) is 0 Å². The summed E-state index contributed by atoms with van der Waals surface area (Å²) in [6.07, 6.45) is 7.88. The molecule has 0 bridgehead atoms. The molecule has 1 saturated carbocycles. The largest absolute Gasteiger partial charge is 0.496 e. The number of benzene rings is 1. The van der Waals surface area contributed by atoms with Gasteiger partial charge in [0.2, 0.25) is 0 Å². The quantitative estimate of drug-likeness (QED) is 0.848. The van der Waals surface area contributed by atoms with Crippen molar-refractivity contribution in [2.45, 2.75) is 51.5 Å². The fourth-order valence-electron chi connectivity index (χ4n) is 3.01. The van der Waals surface area contributed by atoms with Gasteiger partial charge in [-0.25, -0.2) is 0 Å². The molecular weight excluding hydrogens is 302 g/mol. The van der Waals surface area contributed by atoms with Crippen LogP contribution in [0.1, 0.15) is 55.7 Å². The molecule has 1 aromatic carbocycles. The van der Waals surface area contributed by atoms with Gasteiger partial charge in [0.15, 0.2) is 0 Å². The first-order valence-corrected chi connectivity index (χ1v) is 8.00. The van der Waals surface area contributed by atoms with Crippen molar-refractivity contribution in [3.05, 3.63) is 27.7 Å². The lowest BCUT2D eigenvalue weighted by Gasteiger charge is -2.19. The van der Waals surface area contributed by atoms with E-state index in [1.165, 1.54) is 37.7 Å². The van der Waals surface area contributed by atoms with Crippen LogP contribution in [-0.4, -0.2) is 7.11 Å². The second-order valence-corrected chi connectivity index (χ2v) is 6.53. The average molecular weight is 326 g/mol. The monoisotopic (exact) mass is 325 g/mol. The predicted molar refractivity (Wildman–Crippen MR) is 83.6 cm³/mol. The van der Waals surface area contributed by atoms with Gasteiger partial charge in [0.05, 0.1) is 7.11 Å². The Bertz CT molecular complexity index is 427. The van der Waals surface area contributed by atoms with Crippen LogP contribution in [0.4, 0.5) is 0 Å². The lowest BCUT2D eigenvalue weighted by atomic mass is 9.94. The Labute approximate surface area is 124 Å². The first-order chi connectivity index (χ1) is 9.11. The molecule has 106 valence electrons.